The van der Waals surface area contributed by atoms with Crippen LogP contribution in [0.5, 0.6) is 0 Å². The van der Waals surface area contributed by atoms with E-state index in [2.05, 4.69) is 66.0 Å². The first kappa shape index (κ1) is 68.4. The molecule has 3 heterocycles. The lowest BCUT2D eigenvalue weighted by Crippen LogP contribution is -2.16. The molecule has 0 atom stereocenters. The van der Waals surface area contributed by atoms with Crippen LogP contribution in [0.2, 0.25) is 0 Å². The van der Waals surface area contributed by atoms with Gasteiger partial charge in [-0.25, -0.2) is 40.2 Å². The number of nitrogens with zero attached hydrogens (tertiary/aromatic N) is 3. The number of carbonyl (C=O) groups excluding carboxylic acids is 2. The molecule has 9 aromatic carbocycles. The number of anilines is 3. The number of carbonyl (C=O) groups is 2. The number of rotatable bonds is 15. The Balaban J connectivity index is 0.000000157. The molecule has 0 unspecified atom stereocenters. The van der Waals surface area contributed by atoms with Gasteiger partial charge in [0.25, 0.3) is 30.1 Å². The Kier molecular flexibility index (Phi) is 19.8. The molecule has 14 nitrogen and oxygen atoms in total. The smallest absolute Gasteiger partial charge is 0.263 e. The Labute approximate surface area is 562 Å². The van der Waals surface area contributed by atoms with E-state index in [1.165, 1.54) is 0 Å². The zero-order chi connectivity index (χ0) is 69.1. The molecule has 0 spiro atoms. The lowest BCUT2D eigenvalue weighted by atomic mass is 10.00. The van der Waals surface area contributed by atoms with Crippen molar-refractivity contribution in [3.05, 3.63) is 274 Å². The minimum Gasteiger partial charge on any atom is -0.295 e. The van der Waals surface area contributed by atoms with Crippen LogP contribution in [-0.2, 0) is 30.1 Å². The first-order valence-electron chi connectivity index (χ1n) is 31.0. The Morgan fingerprint density at radius 3 is 0.896 bits per heavy atom. The second kappa shape index (κ2) is 27.9. The monoisotopic (exact) mass is 1330 g/mol. The molecule has 96 heavy (non-hydrogen) atoms. The fourth-order valence-corrected chi connectivity index (χ4v) is 16.6. The van der Waals surface area contributed by atoms with Gasteiger partial charge in [0.05, 0.1) is 31.2 Å². The minimum absolute atomic E-state index is 0.0188. The predicted octanol–water partition coefficient (Wildman–Crippen LogP) is 18.3. The number of Topliss-reactive ketones (excluding diaryl/α,β-unsaturated/α-hetero) is 2. The second-order valence-electron chi connectivity index (χ2n) is 24.4. The molecule has 0 bridgehead atoms. The fourth-order valence-electron chi connectivity index (χ4n) is 12.2. The lowest BCUT2D eigenvalue weighted by Gasteiger charge is -2.14. The number of hydrogen-bond donors (Lipinski definition) is 3. The summed E-state index contributed by atoms with van der Waals surface area (Å²) in [4.78, 5) is 37.6. The predicted molar refractivity (Wildman–Crippen MR) is 391 cm³/mol. The van der Waals surface area contributed by atoms with E-state index < -0.39 is 30.1 Å². The van der Waals surface area contributed by atoms with E-state index in [0.717, 1.165) is 94.0 Å². The summed E-state index contributed by atoms with van der Waals surface area (Å²) in [6.45, 7) is 25.7. The molecule has 486 valence electrons. The van der Waals surface area contributed by atoms with Crippen molar-refractivity contribution in [3.8, 4) is 33.4 Å². The summed E-state index contributed by atoms with van der Waals surface area (Å²) in [6.07, 6.45) is 0. The molecule has 0 aliphatic rings. The summed E-state index contributed by atoms with van der Waals surface area (Å²) in [7, 11) is -11.3. The van der Waals surface area contributed by atoms with Gasteiger partial charge in [-0.2, -0.15) is 0 Å². The SMILES string of the molecule is C=C(C)c1ccc(-c2ccc3nc(NS(=O)(=O)c4c(C)cc(C)cc4C)ccc3c2)cc1.CC(=O)c1ccc(-c2ccc3nc(NS(=O)(=O)c4c(C)cc(C)cc4C)ccc3c2)cc1.CC(=O)c1cccc(-c2ccc3nc(NS(=O)(=O)c4c(C)cc(C)cc4C)ccc3c2)c1. The standard InChI is InChI=1S/C27H26N2O2S.2C26H24N2O3S/c1-17(2)21-6-8-22(9-7-21)23-10-12-25-24(16-23)11-13-26(28-25)29-32(30,31)27-19(4)14-18(3)15-20(27)5;1-16-13-17(2)26(18(3)14-16)32(30,31)28-25-12-10-23-15-22(9-11-24(23)27-25)21-7-5-20(6-8-21)19(4)29;1-16-12-17(2)26(18(3)13-16)32(30,31)28-25-11-9-23-15-22(8-10-24(23)27-25)21-7-5-6-20(14-21)19(4)29/h6-16H,1H2,2-5H3,(H,28,29);2*5-15H,1-4H3,(H,27,28). The summed E-state index contributed by atoms with van der Waals surface area (Å²) in [5.41, 5.74) is 19.0. The van der Waals surface area contributed by atoms with E-state index in [1.54, 1.807) is 65.8 Å². The van der Waals surface area contributed by atoms with Crippen molar-refractivity contribution in [2.24, 2.45) is 0 Å². The van der Waals surface area contributed by atoms with E-state index in [4.69, 9.17) is 0 Å². The van der Waals surface area contributed by atoms with Gasteiger partial charge in [0.15, 0.2) is 11.6 Å². The molecule has 3 N–H and O–H groups in total. The zero-order valence-corrected chi connectivity index (χ0v) is 58.0. The molecule has 3 aromatic heterocycles. The largest absolute Gasteiger partial charge is 0.295 e. The molecular formula is C79H74N6O8S3. The molecule has 0 radical (unpaired) electrons. The van der Waals surface area contributed by atoms with Crippen molar-refractivity contribution in [2.75, 3.05) is 14.2 Å². The highest BCUT2D eigenvalue weighted by Crippen LogP contribution is 2.33. The number of ketones is 2. The molecule has 0 aliphatic heterocycles. The maximum Gasteiger partial charge on any atom is 0.263 e. The van der Waals surface area contributed by atoms with Gasteiger partial charge in [-0.3, -0.25) is 23.8 Å². The van der Waals surface area contributed by atoms with Gasteiger partial charge in [0.2, 0.25) is 0 Å². The molecule has 0 fully saturated rings. The molecular weight excluding hydrogens is 1260 g/mol. The third-order valence-electron chi connectivity index (χ3n) is 16.3. The number of aromatic nitrogens is 3. The van der Waals surface area contributed by atoms with Gasteiger partial charge >= 0.3 is 0 Å². The minimum atomic E-state index is -3.77. The summed E-state index contributed by atoms with van der Waals surface area (Å²) < 4.78 is 86.1. The highest BCUT2D eigenvalue weighted by Gasteiger charge is 2.24. The molecule has 0 aliphatic carbocycles. The topological polar surface area (TPSA) is 211 Å². The van der Waals surface area contributed by atoms with Crippen LogP contribution in [0.25, 0.3) is 71.7 Å². The number of pyridine rings is 3. The van der Waals surface area contributed by atoms with Crippen LogP contribution in [0.4, 0.5) is 17.5 Å². The number of nitrogens with one attached hydrogen (secondary N) is 3. The Morgan fingerprint density at radius 2 is 0.594 bits per heavy atom. The van der Waals surface area contributed by atoms with Gasteiger partial charge in [0.1, 0.15) is 17.5 Å². The Morgan fingerprint density at radius 1 is 0.312 bits per heavy atom. The van der Waals surface area contributed by atoms with Crippen LogP contribution in [-0.4, -0.2) is 51.8 Å². The van der Waals surface area contributed by atoms with Gasteiger partial charge in [0, 0.05) is 27.3 Å². The van der Waals surface area contributed by atoms with Crippen molar-refractivity contribution in [3.63, 3.8) is 0 Å². The van der Waals surface area contributed by atoms with E-state index in [9.17, 15) is 34.8 Å². The van der Waals surface area contributed by atoms with Gasteiger partial charge in [-0.1, -0.05) is 150 Å². The number of allylic oxidation sites excluding steroid dienone is 1. The average molecular weight is 1330 g/mol. The van der Waals surface area contributed by atoms with Crippen LogP contribution in [0.3, 0.4) is 0 Å². The van der Waals surface area contributed by atoms with Gasteiger partial charge in [-0.15, -0.1) is 0 Å². The average Bonchev–Trinajstić information content (AvgIpc) is 0.801. The Hall–Kier alpha value is -10.5. The zero-order valence-electron chi connectivity index (χ0n) is 55.6. The molecule has 0 saturated heterocycles. The van der Waals surface area contributed by atoms with Crippen LogP contribution in [0, 0.1) is 62.3 Å². The highest BCUT2D eigenvalue weighted by atomic mass is 32.2. The molecule has 12 rings (SSSR count). The quantitative estimate of drug-likeness (QED) is 0.0822. The molecule has 0 saturated carbocycles. The van der Waals surface area contributed by atoms with Crippen molar-refractivity contribution >= 4 is 97.4 Å². The summed E-state index contributed by atoms with van der Waals surface area (Å²) >= 11 is 0. The Bertz CT molecular complexity index is 5160. The second-order valence-corrected chi connectivity index (χ2v) is 29.3. The lowest BCUT2D eigenvalue weighted by molar-refractivity contribution is 0.100. The molecule has 12 aromatic rings. The first-order valence-corrected chi connectivity index (χ1v) is 35.4. The first-order chi connectivity index (χ1) is 45.4. The van der Waals surface area contributed by atoms with E-state index in [1.807, 2.05) is 187 Å². The van der Waals surface area contributed by atoms with Gasteiger partial charge < -0.3 is 0 Å². The molecule has 0 amide bonds. The van der Waals surface area contributed by atoms with Crippen LogP contribution in [0.1, 0.15) is 97.1 Å². The summed E-state index contributed by atoms with van der Waals surface area (Å²) in [6, 6.07) is 62.5. The summed E-state index contributed by atoms with van der Waals surface area (Å²) in [5.74, 6) is 0.893. The normalized spacial score (nSPS) is 11.5. The van der Waals surface area contributed by atoms with Crippen LogP contribution >= 0.6 is 0 Å². The number of aryl methyl sites for hydroxylation is 9. The third-order valence-corrected chi connectivity index (χ3v) is 21.3. The fraction of sp³-hybridized carbons (Fsp3) is 0.152. The molecule has 17 heteroatoms. The number of hydrogen-bond acceptors (Lipinski definition) is 11. The maximum atomic E-state index is 13.0. The van der Waals surface area contributed by atoms with Crippen molar-refractivity contribution < 1.29 is 34.8 Å². The summed E-state index contributed by atoms with van der Waals surface area (Å²) in [5, 5.41) is 2.71. The number of fused-ring (bicyclic) bond motifs is 3. The van der Waals surface area contributed by atoms with Crippen LogP contribution in [0.15, 0.2) is 221 Å². The van der Waals surface area contributed by atoms with Crippen LogP contribution < -0.4 is 14.2 Å². The third kappa shape index (κ3) is 15.7. The number of sulfonamides is 3. The van der Waals surface area contributed by atoms with E-state index in [0.29, 0.717) is 55.1 Å². The maximum absolute atomic E-state index is 13.0. The van der Waals surface area contributed by atoms with E-state index >= 15 is 0 Å². The van der Waals surface area contributed by atoms with Crippen molar-refractivity contribution in [1.29, 1.82) is 0 Å². The van der Waals surface area contributed by atoms with Crippen molar-refractivity contribution in [1.82, 2.24) is 15.0 Å². The van der Waals surface area contributed by atoms with E-state index in [-0.39, 0.29) is 33.0 Å². The van der Waals surface area contributed by atoms with Gasteiger partial charge in [-0.05, 0) is 234 Å². The highest BCUT2D eigenvalue weighted by molar-refractivity contribution is 7.93. The number of benzene rings is 9. The van der Waals surface area contributed by atoms with Crippen molar-refractivity contribution in [2.45, 2.75) is 97.8 Å².